The molecule has 0 aliphatic heterocycles. The molecule has 0 fully saturated rings. The van der Waals surface area contributed by atoms with Crippen LogP contribution in [-0.2, 0) is 15.6 Å². The summed E-state index contributed by atoms with van der Waals surface area (Å²) in [6.07, 6.45) is 18.7. The summed E-state index contributed by atoms with van der Waals surface area (Å²) in [6, 6.07) is 42.9. The van der Waals surface area contributed by atoms with Gasteiger partial charge in [0.1, 0.15) is 11.6 Å². The molecule has 0 spiro atoms. The molecule has 2 aliphatic carbocycles. The highest BCUT2D eigenvalue weighted by atomic mass is 16.4. The molecule has 0 aromatic heterocycles. The molecule has 4 heteroatoms. The van der Waals surface area contributed by atoms with Gasteiger partial charge in [-0.3, -0.25) is 0 Å². The van der Waals surface area contributed by atoms with E-state index in [2.05, 4.69) is 142 Å². The Morgan fingerprint density at radius 3 is 1.41 bits per heavy atom. The Balaban J connectivity index is 1.42. The van der Waals surface area contributed by atoms with Crippen LogP contribution >= 0.6 is 0 Å². The van der Waals surface area contributed by atoms with Gasteiger partial charge >= 0.3 is 5.97 Å². The zero-order valence-corrected chi connectivity index (χ0v) is 34.9. The molecular weight excluding hydrogens is 709 g/mol. The highest BCUT2D eigenvalue weighted by Crippen LogP contribution is 2.57. The van der Waals surface area contributed by atoms with Crippen molar-refractivity contribution in [2.24, 2.45) is 0 Å². The Morgan fingerprint density at radius 1 is 0.586 bits per heavy atom. The van der Waals surface area contributed by atoms with Crippen LogP contribution in [0, 0.1) is 11.3 Å². The molecule has 0 saturated carbocycles. The third-order valence-electron chi connectivity index (χ3n) is 12.9. The molecule has 0 unspecified atom stereocenters. The summed E-state index contributed by atoms with van der Waals surface area (Å²) in [7, 11) is 0. The normalized spacial score (nSPS) is 14.4. The van der Waals surface area contributed by atoms with Crippen LogP contribution in [0.25, 0.3) is 28.3 Å². The first-order valence-corrected chi connectivity index (χ1v) is 21.8. The second-order valence-corrected chi connectivity index (χ2v) is 16.4. The number of nitrogens with zero attached hydrogens (tertiary/aromatic N) is 2. The number of carbonyl (C=O) groups is 1. The van der Waals surface area contributed by atoms with Crippen molar-refractivity contribution in [1.82, 2.24) is 0 Å². The van der Waals surface area contributed by atoms with E-state index in [1.807, 2.05) is 6.08 Å². The Morgan fingerprint density at radius 2 is 1.00 bits per heavy atom. The molecule has 0 heterocycles. The summed E-state index contributed by atoms with van der Waals surface area (Å²) in [5, 5.41) is 18.5. The van der Waals surface area contributed by atoms with E-state index in [-0.39, 0.29) is 16.4 Å². The Hall–Kier alpha value is -5.66. The molecule has 1 N–H and O–H groups in total. The van der Waals surface area contributed by atoms with E-state index in [1.165, 1.54) is 76.3 Å². The van der Waals surface area contributed by atoms with Gasteiger partial charge < -0.3 is 10.0 Å². The number of unbranched alkanes of at least 4 members (excludes halogenated alkanes) is 4. The van der Waals surface area contributed by atoms with Gasteiger partial charge in [0.15, 0.2) is 0 Å². The number of carboxylic acid groups (broad SMARTS) is 1. The van der Waals surface area contributed by atoms with Gasteiger partial charge in [0.05, 0.1) is 0 Å². The van der Waals surface area contributed by atoms with Crippen molar-refractivity contribution in [3.63, 3.8) is 0 Å². The summed E-state index contributed by atoms with van der Waals surface area (Å²) in [5.41, 5.74) is 15.3. The number of hydrogen-bond acceptors (Lipinski definition) is 3. The van der Waals surface area contributed by atoms with E-state index in [1.54, 1.807) is 12.1 Å². The van der Waals surface area contributed by atoms with Gasteiger partial charge in [-0.05, 0) is 118 Å². The zero-order valence-electron chi connectivity index (χ0n) is 34.9. The lowest BCUT2D eigenvalue weighted by Gasteiger charge is -2.35. The molecule has 296 valence electrons. The van der Waals surface area contributed by atoms with E-state index in [9.17, 15) is 15.2 Å². The molecule has 0 atom stereocenters. The molecule has 4 nitrogen and oxygen atoms in total. The first kappa shape index (κ1) is 40.5. The number of anilines is 3. The molecule has 5 aromatic rings. The number of fused-ring (bicyclic) bond motifs is 6. The van der Waals surface area contributed by atoms with Crippen LogP contribution in [-0.4, -0.2) is 11.1 Å². The molecule has 2 aliphatic rings. The molecule has 7 rings (SSSR count). The minimum absolute atomic E-state index is 0.0327. The number of rotatable bonds is 18. The topological polar surface area (TPSA) is 64.3 Å². The van der Waals surface area contributed by atoms with Crippen molar-refractivity contribution in [2.45, 2.75) is 116 Å². The summed E-state index contributed by atoms with van der Waals surface area (Å²) in [4.78, 5) is 13.8. The monoisotopic (exact) mass is 766 g/mol. The number of benzene rings is 5. The fourth-order valence-electron chi connectivity index (χ4n) is 10.0. The van der Waals surface area contributed by atoms with Crippen molar-refractivity contribution < 1.29 is 9.90 Å². The summed E-state index contributed by atoms with van der Waals surface area (Å²) in [6.45, 7) is 9.24. The predicted octanol–water partition coefficient (Wildman–Crippen LogP) is 15.0. The fraction of sp³-hybridized carbons (Fsp3) is 0.333. The third-order valence-corrected chi connectivity index (χ3v) is 12.9. The van der Waals surface area contributed by atoms with Gasteiger partial charge in [-0.15, -0.1) is 0 Å². The smallest absolute Gasteiger partial charge is 0.346 e. The number of carboxylic acids is 1. The maximum Gasteiger partial charge on any atom is 0.346 e. The van der Waals surface area contributed by atoms with Gasteiger partial charge in [0.25, 0.3) is 0 Å². The molecular formula is C54H58N2O2. The van der Waals surface area contributed by atoms with Crippen molar-refractivity contribution >= 4 is 29.1 Å². The maximum atomic E-state index is 11.4. The molecule has 0 saturated heterocycles. The largest absolute Gasteiger partial charge is 0.477 e. The van der Waals surface area contributed by atoms with Crippen LogP contribution in [0.1, 0.15) is 133 Å². The standard InChI is InChI=1S/C54H58N2O2/c1-5-9-32-53(33-10-6-2)48-22-15-13-20-44(48)46-30-28-42(36-50(46)53)56(41-26-24-39(25-27-41)18-17-19-40(38-55)52(57)58)43-29-31-47-45-21-14-16-23-49(45)54(34-11-7-3,35-12-8-4)51(47)37-43/h13-31,36-37H,5-12,32-35H2,1-4H3,(H,57,58). The molecule has 58 heavy (non-hydrogen) atoms. The molecule has 0 bridgehead atoms. The van der Waals surface area contributed by atoms with E-state index < -0.39 is 5.97 Å². The van der Waals surface area contributed by atoms with Crippen molar-refractivity contribution in [2.75, 3.05) is 4.90 Å². The van der Waals surface area contributed by atoms with Crippen LogP contribution in [0.3, 0.4) is 0 Å². The molecule has 0 amide bonds. The van der Waals surface area contributed by atoms with Crippen molar-refractivity contribution in [1.29, 1.82) is 5.26 Å². The average molecular weight is 767 g/mol. The minimum atomic E-state index is -1.23. The van der Waals surface area contributed by atoms with E-state index in [0.717, 1.165) is 74.0 Å². The van der Waals surface area contributed by atoms with Gasteiger partial charge in [-0.1, -0.05) is 164 Å². The van der Waals surface area contributed by atoms with Crippen molar-refractivity contribution in [3.8, 4) is 28.3 Å². The lowest BCUT2D eigenvalue weighted by Crippen LogP contribution is -2.26. The maximum absolute atomic E-state index is 11.4. The number of allylic oxidation sites excluding steroid dienone is 2. The van der Waals surface area contributed by atoms with Crippen LogP contribution in [0.15, 0.2) is 127 Å². The van der Waals surface area contributed by atoms with Gasteiger partial charge in [-0.25, -0.2) is 4.79 Å². The highest BCUT2D eigenvalue weighted by Gasteiger charge is 2.44. The molecule has 0 radical (unpaired) electrons. The van der Waals surface area contributed by atoms with E-state index in [4.69, 9.17) is 0 Å². The summed E-state index contributed by atoms with van der Waals surface area (Å²) in [5.74, 6) is -1.23. The summed E-state index contributed by atoms with van der Waals surface area (Å²) >= 11 is 0. The van der Waals surface area contributed by atoms with E-state index >= 15 is 0 Å². The average Bonchev–Trinajstić information content (AvgIpc) is 3.69. The van der Waals surface area contributed by atoms with Crippen molar-refractivity contribution in [3.05, 3.63) is 155 Å². The number of hydrogen-bond donors (Lipinski definition) is 1. The quantitative estimate of drug-likeness (QED) is 0.0548. The van der Waals surface area contributed by atoms with E-state index in [0.29, 0.717) is 0 Å². The zero-order chi connectivity index (χ0) is 40.7. The lowest BCUT2D eigenvalue weighted by atomic mass is 9.70. The first-order valence-electron chi connectivity index (χ1n) is 21.8. The first-order chi connectivity index (χ1) is 28.3. The Labute approximate surface area is 346 Å². The molecule has 5 aromatic carbocycles. The number of nitriles is 1. The van der Waals surface area contributed by atoms with Gasteiger partial charge in [0.2, 0.25) is 0 Å². The second-order valence-electron chi connectivity index (χ2n) is 16.4. The predicted molar refractivity (Wildman–Crippen MR) is 242 cm³/mol. The number of aliphatic carboxylic acids is 1. The second kappa shape index (κ2) is 17.9. The highest BCUT2D eigenvalue weighted by molar-refractivity contribution is 5.92. The summed E-state index contributed by atoms with van der Waals surface area (Å²) < 4.78 is 0. The SMILES string of the molecule is CCCCC1(CCCC)c2ccccc2-c2ccc(N(c3ccc(C=CC=C(C#N)C(=O)O)cc3)c3ccc4c(c3)C(CCCC)(CCCC)c3ccccc3-4)cc21. The Bertz CT molecular complexity index is 2220. The van der Waals surface area contributed by atoms with Gasteiger partial charge in [-0.2, -0.15) is 5.26 Å². The van der Waals surface area contributed by atoms with Crippen LogP contribution in [0.5, 0.6) is 0 Å². The fourth-order valence-corrected chi connectivity index (χ4v) is 10.0. The Kier molecular flexibility index (Phi) is 12.5. The van der Waals surface area contributed by atoms with Crippen LogP contribution in [0.4, 0.5) is 17.1 Å². The lowest BCUT2D eigenvalue weighted by molar-refractivity contribution is -0.132. The van der Waals surface area contributed by atoms with Crippen LogP contribution in [0.2, 0.25) is 0 Å². The van der Waals surface area contributed by atoms with Crippen LogP contribution < -0.4 is 4.90 Å². The van der Waals surface area contributed by atoms with Gasteiger partial charge in [0, 0.05) is 27.9 Å². The third kappa shape index (κ3) is 7.44. The minimum Gasteiger partial charge on any atom is -0.477 e.